The summed E-state index contributed by atoms with van der Waals surface area (Å²) in [5, 5.41) is 10.5. The highest BCUT2D eigenvalue weighted by Gasteiger charge is 2.39. The van der Waals surface area contributed by atoms with E-state index >= 15 is 0 Å². The SMILES string of the molecule is COc1cc2c3c(c1OC)-c1c(ccc(O)c1OC)C[C@@H]3N(Cc1ccccc1)CC2.Cl. The van der Waals surface area contributed by atoms with Gasteiger partial charge < -0.3 is 19.3 Å². The number of hydrogen-bond acceptors (Lipinski definition) is 5. The van der Waals surface area contributed by atoms with Crippen LogP contribution in [0, 0.1) is 0 Å². The first-order valence-electron chi connectivity index (χ1n) is 10.6. The topological polar surface area (TPSA) is 51.2 Å². The minimum absolute atomic E-state index is 0. The molecule has 1 N–H and O–H groups in total. The maximum absolute atomic E-state index is 10.5. The van der Waals surface area contributed by atoms with Gasteiger partial charge in [0.05, 0.1) is 21.3 Å². The van der Waals surface area contributed by atoms with Crippen LogP contribution in [0.5, 0.6) is 23.0 Å². The molecule has 1 atom stereocenters. The van der Waals surface area contributed by atoms with E-state index in [-0.39, 0.29) is 24.2 Å². The van der Waals surface area contributed by atoms with E-state index in [1.165, 1.54) is 16.7 Å². The maximum atomic E-state index is 10.5. The van der Waals surface area contributed by atoms with Crippen LogP contribution >= 0.6 is 12.4 Å². The Balaban J connectivity index is 0.00000245. The Labute approximate surface area is 195 Å². The van der Waals surface area contributed by atoms with Gasteiger partial charge in [0, 0.05) is 30.3 Å². The van der Waals surface area contributed by atoms with Crippen LogP contribution < -0.4 is 14.2 Å². The normalized spacial score (nSPS) is 16.4. The fraction of sp³-hybridized carbons (Fsp3) is 0.308. The predicted octanol–water partition coefficient (Wildman–Crippen LogP) is 5.16. The molecule has 0 saturated heterocycles. The molecule has 0 saturated carbocycles. The number of fused-ring (bicyclic) bond motifs is 2. The van der Waals surface area contributed by atoms with Crippen LogP contribution in [0.3, 0.4) is 0 Å². The van der Waals surface area contributed by atoms with Crippen molar-refractivity contribution in [2.45, 2.75) is 25.4 Å². The lowest BCUT2D eigenvalue weighted by molar-refractivity contribution is 0.173. The minimum Gasteiger partial charge on any atom is -0.504 e. The van der Waals surface area contributed by atoms with Crippen molar-refractivity contribution < 1.29 is 19.3 Å². The summed E-state index contributed by atoms with van der Waals surface area (Å²) in [7, 11) is 4.94. The van der Waals surface area contributed by atoms with E-state index in [0.29, 0.717) is 17.2 Å². The Bertz CT molecular complexity index is 1130. The fourth-order valence-corrected chi connectivity index (χ4v) is 5.21. The van der Waals surface area contributed by atoms with Crippen LogP contribution in [0.4, 0.5) is 0 Å². The first kappa shape index (κ1) is 22.3. The summed E-state index contributed by atoms with van der Waals surface area (Å²) in [4.78, 5) is 2.55. The summed E-state index contributed by atoms with van der Waals surface area (Å²) in [6, 6.07) is 16.7. The number of phenols is 1. The lowest BCUT2D eigenvalue weighted by Gasteiger charge is -2.42. The van der Waals surface area contributed by atoms with Crippen molar-refractivity contribution in [2.24, 2.45) is 0 Å². The van der Waals surface area contributed by atoms with Gasteiger partial charge >= 0.3 is 0 Å². The lowest BCUT2D eigenvalue weighted by atomic mass is 9.76. The van der Waals surface area contributed by atoms with Crippen molar-refractivity contribution in [1.82, 2.24) is 4.90 Å². The molecule has 5 rings (SSSR count). The average Bonchev–Trinajstić information content (AvgIpc) is 2.81. The molecule has 0 aromatic heterocycles. The second-order valence-corrected chi connectivity index (χ2v) is 8.14. The van der Waals surface area contributed by atoms with Crippen LogP contribution in [0.1, 0.15) is 28.3 Å². The first-order valence-corrected chi connectivity index (χ1v) is 10.6. The fourth-order valence-electron chi connectivity index (χ4n) is 5.21. The van der Waals surface area contributed by atoms with Gasteiger partial charge in [0.25, 0.3) is 0 Å². The minimum atomic E-state index is 0. The van der Waals surface area contributed by atoms with Gasteiger partial charge in [-0.05, 0) is 47.2 Å². The lowest BCUT2D eigenvalue weighted by Crippen LogP contribution is -2.38. The third-order valence-corrected chi connectivity index (χ3v) is 6.56. The second kappa shape index (κ2) is 8.93. The van der Waals surface area contributed by atoms with Gasteiger partial charge in [-0.25, -0.2) is 0 Å². The maximum Gasteiger partial charge on any atom is 0.169 e. The smallest absolute Gasteiger partial charge is 0.169 e. The van der Waals surface area contributed by atoms with Crippen LogP contribution in [-0.2, 0) is 19.4 Å². The van der Waals surface area contributed by atoms with E-state index in [1.54, 1.807) is 27.4 Å². The molecular formula is C26H28ClNO4. The summed E-state index contributed by atoms with van der Waals surface area (Å²) in [6.45, 7) is 1.87. The van der Waals surface area contributed by atoms with Gasteiger partial charge in [-0.2, -0.15) is 0 Å². The van der Waals surface area contributed by atoms with Gasteiger partial charge in [0.1, 0.15) is 0 Å². The van der Waals surface area contributed by atoms with E-state index in [2.05, 4.69) is 41.3 Å². The molecule has 0 unspecified atom stereocenters. The van der Waals surface area contributed by atoms with Crippen molar-refractivity contribution >= 4 is 12.4 Å². The highest BCUT2D eigenvalue weighted by atomic mass is 35.5. The monoisotopic (exact) mass is 453 g/mol. The Morgan fingerprint density at radius 1 is 0.906 bits per heavy atom. The van der Waals surface area contributed by atoms with Crippen molar-refractivity contribution in [1.29, 1.82) is 0 Å². The van der Waals surface area contributed by atoms with Crippen molar-refractivity contribution in [2.75, 3.05) is 27.9 Å². The standard InChI is InChI=1S/C26H27NO4.ClH/c1-29-21-14-18-11-12-27(15-16-7-5-4-6-8-16)19-13-17-9-10-20(28)25(30-2)23(17)24(22(18)19)26(21)31-3;/h4-10,14,19,28H,11-13,15H2,1-3H3;1H/t19-;/m0./s1. The van der Waals surface area contributed by atoms with Crippen LogP contribution in [0.15, 0.2) is 48.5 Å². The van der Waals surface area contributed by atoms with Crippen molar-refractivity contribution in [3.63, 3.8) is 0 Å². The zero-order valence-corrected chi connectivity index (χ0v) is 19.4. The van der Waals surface area contributed by atoms with Gasteiger partial charge in [0.15, 0.2) is 23.0 Å². The summed E-state index contributed by atoms with van der Waals surface area (Å²) in [6.07, 6.45) is 1.79. The molecule has 3 aromatic rings. The quantitative estimate of drug-likeness (QED) is 0.578. The Morgan fingerprint density at radius 2 is 1.66 bits per heavy atom. The molecule has 1 aliphatic carbocycles. The van der Waals surface area contributed by atoms with Crippen LogP contribution in [0.2, 0.25) is 0 Å². The van der Waals surface area contributed by atoms with E-state index in [4.69, 9.17) is 14.2 Å². The number of nitrogens with zero attached hydrogens (tertiary/aromatic N) is 1. The number of ether oxygens (including phenoxy) is 3. The van der Waals surface area contributed by atoms with Crippen LogP contribution in [-0.4, -0.2) is 37.9 Å². The molecule has 1 aliphatic heterocycles. The number of benzene rings is 3. The third kappa shape index (κ3) is 3.46. The van der Waals surface area contributed by atoms with Gasteiger partial charge in [-0.15, -0.1) is 12.4 Å². The number of aromatic hydroxyl groups is 1. The molecule has 2 aliphatic rings. The Morgan fingerprint density at radius 3 is 2.34 bits per heavy atom. The summed E-state index contributed by atoms with van der Waals surface area (Å²) in [5.41, 5.74) is 6.88. The molecule has 0 amide bonds. The Hall–Kier alpha value is -2.89. The average molecular weight is 454 g/mol. The van der Waals surface area contributed by atoms with Crippen LogP contribution in [0.25, 0.3) is 11.1 Å². The van der Waals surface area contributed by atoms with Crippen molar-refractivity contribution in [3.05, 3.63) is 70.8 Å². The largest absolute Gasteiger partial charge is 0.504 e. The number of phenolic OH excluding ortho intramolecular Hbond substituents is 1. The summed E-state index contributed by atoms with van der Waals surface area (Å²) >= 11 is 0. The summed E-state index contributed by atoms with van der Waals surface area (Å²) < 4.78 is 17.2. The number of halogens is 1. The van der Waals surface area contributed by atoms with Gasteiger partial charge in [-0.1, -0.05) is 36.4 Å². The molecule has 0 bridgehead atoms. The molecule has 3 aromatic carbocycles. The molecular weight excluding hydrogens is 426 g/mol. The number of methoxy groups -OCH3 is 3. The molecule has 32 heavy (non-hydrogen) atoms. The molecule has 6 heteroatoms. The zero-order chi connectivity index (χ0) is 21.5. The number of rotatable bonds is 5. The predicted molar refractivity (Wildman–Crippen MR) is 127 cm³/mol. The molecule has 0 radical (unpaired) electrons. The molecule has 1 heterocycles. The summed E-state index contributed by atoms with van der Waals surface area (Å²) in [5.74, 6) is 2.03. The van der Waals surface area contributed by atoms with Gasteiger partial charge in [-0.3, -0.25) is 4.90 Å². The Kier molecular flexibility index (Phi) is 6.22. The van der Waals surface area contributed by atoms with Crippen molar-refractivity contribution in [3.8, 4) is 34.1 Å². The van der Waals surface area contributed by atoms with E-state index in [1.807, 2.05) is 6.07 Å². The highest BCUT2D eigenvalue weighted by Crippen LogP contribution is 2.56. The molecule has 0 spiro atoms. The van der Waals surface area contributed by atoms with E-state index in [9.17, 15) is 5.11 Å². The molecule has 0 fully saturated rings. The van der Waals surface area contributed by atoms with E-state index < -0.39 is 0 Å². The van der Waals surface area contributed by atoms with E-state index in [0.717, 1.165) is 42.6 Å². The molecule has 168 valence electrons. The zero-order valence-electron chi connectivity index (χ0n) is 18.6. The number of hydrogen-bond donors (Lipinski definition) is 1. The highest BCUT2D eigenvalue weighted by molar-refractivity contribution is 5.88. The second-order valence-electron chi connectivity index (χ2n) is 8.14. The molecule has 5 nitrogen and oxygen atoms in total. The first-order chi connectivity index (χ1) is 15.2. The third-order valence-electron chi connectivity index (χ3n) is 6.56. The van der Waals surface area contributed by atoms with Gasteiger partial charge in [0.2, 0.25) is 0 Å².